The number of anilines is 2. The van der Waals surface area contributed by atoms with E-state index in [1.807, 2.05) is 59.4 Å². The Hall–Kier alpha value is -5.67. The number of ether oxygens (including phenoxy) is 1. The Bertz CT molecular complexity index is 2610. The second-order valence-corrected chi connectivity index (χ2v) is 31.8. The van der Waals surface area contributed by atoms with Crippen LogP contribution in [0, 0.1) is 0 Å². The van der Waals surface area contributed by atoms with E-state index in [4.69, 9.17) is 14.9 Å². The summed E-state index contributed by atoms with van der Waals surface area (Å²) in [4.78, 5) is 24.3. The van der Waals surface area contributed by atoms with Gasteiger partial charge in [0.25, 0.3) is 5.91 Å². The Morgan fingerprint density at radius 2 is 1.46 bits per heavy atom. The molecule has 4 heterocycles. The number of aromatic carboxylic acids is 1. The fourth-order valence-corrected chi connectivity index (χ4v) is 10.5. The van der Waals surface area contributed by atoms with Crippen molar-refractivity contribution in [2.75, 3.05) is 17.7 Å². The second kappa shape index (κ2) is 21.3. The molecule has 6 N–H and O–H groups in total. The molecule has 2 unspecified atom stereocenters. The van der Waals surface area contributed by atoms with Gasteiger partial charge in [0.15, 0.2) is 19.7 Å². The quantitative estimate of drug-likeness (QED) is 0.0514. The van der Waals surface area contributed by atoms with Crippen molar-refractivity contribution in [2.45, 2.75) is 148 Å². The molecule has 2 atom stereocenters. The number of amides is 1. The molecule has 18 heteroatoms. The standard InChI is InChI=1S/C21H40N2O4Si2.C19H21N5O2.C10H11N3/c1-20(2,3)29(8,9)27-21(4)11-10-16-17(14-21)23(22-18(16)19(24)25)15-26-12-13-28(5,6)7;1-19(26)8-7-15-16(9-19)22-23-17(15)18(25)21-14-10-20-24(12-14)11-13-5-3-2-4-6-13;11-10-6-12-13(8-10)7-9-4-2-1-3-5-9/h10-15H2,1-9H3,(H,24,25);2-6,10,12,26H,7-9,11H2,1H3,(H,21,25)(H,22,23);1-6,8H,7,11H2. The van der Waals surface area contributed by atoms with Crippen LogP contribution < -0.4 is 11.1 Å². The van der Waals surface area contributed by atoms with Crippen LogP contribution in [0.3, 0.4) is 0 Å². The lowest BCUT2D eigenvalue weighted by molar-refractivity contribution is 0.0445. The first kappa shape index (κ1) is 51.7. The first-order valence-corrected chi connectivity index (χ1v) is 30.1. The zero-order valence-electron chi connectivity index (χ0n) is 41.6. The molecule has 2 aliphatic rings. The van der Waals surface area contributed by atoms with E-state index in [1.165, 1.54) is 5.56 Å². The molecular weight excluding hydrogens is 893 g/mol. The molecule has 0 spiro atoms. The lowest BCUT2D eigenvalue weighted by Crippen LogP contribution is -2.51. The summed E-state index contributed by atoms with van der Waals surface area (Å²) >= 11 is 0. The molecule has 6 aromatic rings. The monoisotopic (exact) mass is 965 g/mol. The number of aromatic amines is 1. The Morgan fingerprint density at radius 1 is 0.853 bits per heavy atom. The highest BCUT2D eigenvalue weighted by Crippen LogP contribution is 2.43. The van der Waals surface area contributed by atoms with Gasteiger partial charge in [-0.25, -0.2) is 9.48 Å². The molecule has 1 amide bonds. The average molecular weight is 965 g/mol. The number of carbonyl (C=O) groups excluding carboxylic acids is 1. The molecule has 8 rings (SSSR count). The molecule has 366 valence electrons. The van der Waals surface area contributed by atoms with E-state index in [-0.39, 0.29) is 22.2 Å². The number of carboxylic acid groups (broad SMARTS) is 1. The SMILES string of the molecule is CC1(O)CCc2c(C(=O)Nc3cnn(Cc4ccccc4)c3)n[nH]c2C1.CC1(O[Si](C)(C)C(C)(C)C)CCc2c(C(=O)O)nn(COCC[Si](C)(C)C)c2C1.Nc1cnn(Cc2ccccc2)c1. The minimum Gasteiger partial charge on any atom is -0.476 e. The third kappa shape index (κ3) is 14.2. The van der Waals surface area contributed by atoms with E-state index in [0.29, 0.717) is 69.1 Å². The van der Waals surface area contributed by atoms with Gasteiger partial charge in [0.05, 0.1) is 48.1 Å². The van der Waals surface area contributed by atoms with Crippen molar-refractivity contribution in [3.05, 3.63) is 130 Å². The van der Waals surface area contributed by atoms with Crippen LogP contribution in [-0.4, -0.2) is 95.8 Å². The molecule has 68 heavy (non-hydrogen) atoms. The summed E-state index contributed by atoms with van der Waals surface area (Å²) in [6.45, 7) is 24.6. The molecule has 4 aromatic heterocycles. The summed E-state index contributed by atoms with van der Waals surface area (Å²) in [6, 6.07) is 21.3. The van der Waals surface area contributed by atoms with Gasteiger partial charge in [0.1, 0.15) is 6.73 Å². The Kier molecular flexibility index (Phi) is 16.2. The van der Waals surface area contributed by atoms with E-state index in [9.17, 15) is 19.8 Å². The van der Waals surface area contributed by atoms with Gasteiger partial charge < -0.3 is 30.4 Å². The van der Waals surface area contributed by atoms with Crippen LogP contribution in [0.1, 0.15) is 102 Å². The van der Waals surface area contributed by atoms with E-state index in [1.54, 1.807) is 34.9 Å². The van der Waals surface area contributed by atoms with Gasteiger partial charge in [-0.05, 0) is 74.8 Å². The zero-order valence-corrected chi connectivity index (χ0v) is 43.6. The summed E-state index contributed by atoms with van der Waals surface area (Å²) in [5.74, 6) is -1.22. The van der Waals surface area contributed by atoms with Gasteiger partial charge in [-0.2, -0.15) is 20.4 Å². The largest absolute Gasteiger partial charge is 0.476 e. The van der Waals surface area contributed by atoms with E-state index in [0.717, 1.165) is 47.1 Å². The molecule has 0 bridgehead atoms. The van der Waals surface area contributed by atoms with Crippen molar-refractivity contribution in [1.29, 1.82) is 0 Å². The smallest absolute Gasteiger partial charge is 0.356 e. The third-order valence-corrected chi connectivity index (χ3v) is 19.2. The maximum absolute atomic E-state index is 12.6. The van der Waals surface area contributed by atoms with Crippen LogP contribution >= 0.6 is 0 Å². The van der Waals surface area contributed by atoms with Crippen LogP contribution in [0.25, 0.3) is 0 Å². The summed E-state index contributed by atoms with van der Waals surface area (Å²) < 4.78 is 18.0. The number of fused-ring (bicyclic) bond motifs is 2. The molecule has 16 nitrogen and oxygen atoms in total. The van der Waals surface area contributed by atoms with Gasteiger partial charge in [-0.15, -0.1) is 0 Å². The molecule has 0 fully saturated rings. The van der Waals surface area contributed by atoms with Crippen molar-refractivity contribution in [3.8, 4) is 0 Å². The fourth-order valence-electron chi connectivity index (χ4n) is 8.07. The number of nitrogens with zero attached hydrogens (tertiary/aromatic N) is 7. The Morgan fingerprint density at radius 3 is 2.03 bits per heavy atom. The van der Waals surface area contributed by atoms with Crippen LogP contribution in [0.2, 0.25) is 43.8 Å². The van der Waals surface area contributed by atoms with Gasteiger partial charge in [0, 0.05) is 62.4 Å². The number of nitrogen functional groups attached to an aromatic ring is 1. The molecular formula is C50H72N10O6Si2. The molecule has 0 aliphatic heterocycles. The van der Waals surface area contributed by atoms with Gasteiger partial charge >= 0.3 is 5.97 Å². The van der Waals surface area contributed by atoms with Crippen molar-refractivity contribution in [1.82, 2.24) is 39.5 Å². The minimum atomic E-state index is -1.94. The Labute approximate surface area is 402 Å². The number of hydrogen-bond acceptors (Lipinski definition) is 10. The average Bonchev–Trinajstić information content (AvgIpc) is 4.06. The van der Waals surface area contributed by atoms with Crippen LogP contribution in [0.4, 0.5) is 11.4 Å². The molecule has 0 saturated heterocycles. The number of nitrogens with one attached hydrogen (secondary N) is 2. The third-order valence-electron chi connectivity index (χ3n) is 12.9. The lowest BCUT2D eigenvalue weighted by atomic mass is 9.84. The van der Waals surface area contributed by atoms with Crippen molar-refractivity contribution >= 4 is 39.6 Å². The summed E-state index contributed by atoms with van der Waals surface area (Å²) in [6.07, 6.45) is 10.8. The molecule has 0 saturated carbocycles. The number of carbonyl (C=O) groups is 2. The van der Waals surface area contributed by atoms with Crippen molar-refractivity contribution in [3.63, 3.8) is 0 Å². The molecule has 2 aromatic carbocycles. The summed E-state index contributed by atoms with van der Waals surface area (Å²) in [5.41, 5.74) is 12.3. The van der Waals surface area contributed by atoms with Crippen molar-refractivity contribution in [2.24, 2.45) is 0 Å². The number of aromatic nitrogens is 8. The van der Waals surface area contributed by atoms with Gasteiger partial charge in [0.2, 0.25) is 0 Å². The van der Waals surface area contributed by atoms with Crippen LogP contribution in [0.15, 0.2) is 85.5 Å². The lowest BCUT2D eigenvalue weighted by Gasteiger charge is -2.45. The number of benzene rings is 2. The first-order valence-electron chi connectivity index (χ1n) is 23.5. The summed E-state index contributed by atoms with van der Waals surface area (Å²) in [7, 11) is -3.11. The van der Waals surface area contributed by atoms with Crippen LogP contribution in [0.5, 0.6) is 0 Å². The minimum absolute atomic E-state index is 0.128. The highest BCUT2D eigenvalue weighted by Gasteiger charge is 2.45. The number of nitrogens with two attached hydrogens (primary N) is 1. The first-order chi connectivity index (χ1) is 31.9. The highest BCUT2D eigenvalue weighted by molar-refractivity contribution is 6.76. The van der Waals surface area contributed by atoms with E-state index < -0.39 is 28.0 Å². The van der Waals surface area contributed by atoms with Crippen LogP contribution in [-0.2, 0) is 54.7 Å². The number of carboxylic acids is 1. The summed E-state index contributed by atoms with van der Waals surface area (Å²) in [5, 5.41) is 42.6. The predicted octanol–water partition coefficient (Wildman–Crippen LogP) is 8.82. The number of H-pyrrole nitrogens is 1. The van der Waals surface area contributed by atoms with Crippen molar-refractivity contribution < 1.29 is 29.0 Å². The zero-order chi connectivity index (χ0) is 49.5. The maximum Gasteiger partial charge on any atom is 0.356 e. The number of rotatable bonds is 14. The van der Waals surface area contributed by atoms with Gasteiger partial charge in [-0.3, -0.25) is 19.3 Å². The highest BCUT2D eigenvalue weighted by atomic mass is 28.4. The topological polar surface area (TPSA) is 213 Å². The van der Waals surface area contributed by atoms with Gasteiger partial charge in [-0.1, -0.05) is 101 Å². The maximum atomic E-state index is 12.6. The Balaban J connectivity index is 0.000000179. The number of hydrogen-bond donors (Lipinski definition) is 5. The predicted molar refractivity (Wildman–Crippen MR) is 271 cm³/mol. The molecule has 0 radical (unpaired) electrons. The van der Waals surface area contributed by atoms with E-state index in [2.05, 4.69) is 103 Å². The molecule has 2 aliphatic carbocycles. The number of aliphatic hydroxyl groups is 1. The normalized spacial score (nSPS) is 18.0. The van der Waals surface area contributed by atoms with E-state index >= 15 is 0 Å². The fraction of sp³-hybridized carbons (Fsp3) is 0.480. The second-order valence-electron chi connectivity index (χ2n) is 21.4.